The average molecular weight is 298 g/mol. The van der Waals surface area contributed by atoms with Gasteiger partial charge in [-0.15, -0.1) is 5.10 Å². The molecule has 2 unspecified atom stereocenters. The predicted octanol–water partition coefficient (Wildman–Crippen LogP) is 0.228. The van der Waals surface area contributed by atoms with Gasteiger partial charge in [0.05, 0.1) is 12.3 Å². The molecule has 1 aliphatic rings. The molecule has 2 rings (SSSR count). The zero-order chi connectivity index (χ0) is 14.5. The van der Waals surface area contributed by atoms with Crippen LogP contribution in [0.5, 0.6) is 0 Å². The van der Waals surface area contributed by atoms with E-state index in [0.717, 1.165) is 13.1 Å². The van der Waals surface area contributed by atoms with E-state index >= 15 is 0 Å². The number of carbonyl (C=O) groups is 1. The summed E-state index contributed by atoms with van der Waals surface area (Å²) in [6.07, 6.45) is 1.20. The number of piperidine rings is 1. The van der Waals surface area contributed by atoms with E-state index in [2.05, 4.69) is 29.4 Å². The first kappa shape index (κ1) is 15.2. The number of nitrogens with two attached hydrogens (primary N) is 1. The Hall–Kier alpha value is -1.15. The highest BCUT2D eigenvalue weighted by Crippen LogP contribution is 2.22. The van der Waals surface area contributed by atoms with Crippen molar-refractivity contribution in [1.82, 2.24) is 25.1 Å². The van der Waals surface area contributed by atoms with E-state index in [1.165, 1.54) is 18.2 Å². The van der Waals surface area contributed by atoms with E-state index in [0.29, 0.717) is 35.8 Å². The Morgan fingerprint density at radius 2 is 2.10 bits per heavy atom. The van der Waals surface area contributed by atoms with Crippen molar-refractivity contribution in [3.8, 4) is 0 Å². The summed E-state index contributed by atoms with van der Waals surface area (Å²) in [5, 5.41) is 12.0. The Morgan fingerprint density at radius 3 is 2.75 bits per heavy atom. The molecule has 0 bridgehead atoms. The summed E-state index contributed by atoms with van der Waals surface area (Å²) in [6, 6.07) is 0. The van der Waals surface area contributed by atoms with Crippen molar-refractivity contribution in [2.45, 2.75) is 32.0 Å². The van der Waals surface area contributed by atoms with E-state index in [9.17, 15) is 4.79 Å². The van der Waals surface area contributed by atoms with E-state index in [1.807, 2.05) is 4.90 Å². The first-order chi connectivity index (χ1) is 9.60. The lowest BCUT2D eigenvalue weighted by molar-refractivity contribution is -0.130. The van der Waals surface area contributed by atoms with Crippen molar-refractivity contribution in [3.05, 3.63) is 0 Å². The van der Waals surface area contributed by atoms with Crippen molar-refractivity contribution in [2.24, 2.45) is 17.6 Å². The topological polar surface area (TPSA) is 89.9 Å². The fourth-order valence-electron chi connectivity index (χ4n) is 2.65. The van der Waals surface area contributed by atoms with Gasteiger partial charge in [-0.3, -0.25) is 4.79 Å². The summed E-state index contributed by atoms with van der Waals surface area (Å²) in [5.41, 5.74) is 5.49. The summed E-state index contributed by atoms with van der Waals surface area (Å²) in [6.45, 7) is 7.17. The Kier molecular flexibility index (Phi) is 5.36. The number of hydrogen-bond acceptors (Lipinski definition) is 6. The predicted molar refractivity (Wildman–Crippen MR) is 77.1 cm³/mol. The first-order valence-corrected chi connectivity index (χ1v) is 7.95. The third-order valence-electron chi connectivity index (χ3n) is 3.39. The molecule has 2 N–H and O–H groups in total. The fourth-order valence-corrected chi connectivity index (χ4v) is 3.45. The number of hydrogen-bond donors (Lipinski definition) is 1. The maximum absolute atomic E-state index is 12.3. The second-order valence-corrected chi connectivity index (χ2v) is 6.45. The van der Waals surface area contributed by atoms with Gasteiger partial charge in [-0.25, -0.2) is 4.68 Å². The molecule has 2 heterocycles. The lowest BCUT2D eigenvalue weighted by atomic mass is 9.92. The Balaban J connectivity index is 1.86. The number of carbonyl (C=O) groups excluding carboxylic acids is 1. The maximum Gasteiger partial charge on any atom is 0.233 e. The van der Waals surface area contributed by atoms with E-state index < -0.39 is 0 Å². The van der Waals surface area contributed by atoms with Gasteiger partial charge in [0, 0.05) is 19.6 Å². The van der Waals surface area contributed by atoms with Crippen LogP contribution < -0.4 is 5.73 Å². The van der Waals surface area contributed by atoms with Gasteiger partial charge < -0.3 is 10.6 Å². The van der Waals surface area contributed by atoms with Crippen LogP contribution in [-0.2, 0) is 11.3 Å². The summed E-state index contributed by atoms with van der Waals surface area (Å²) >= 11 is 1.38. The van der Waals surface area contributed by atoms with Crippen LogP contribution in [0.15, 0.2) is 5.16 Å². The van der Waals surface area contributed by atoms with Crippen molar-refractivity contribution < 1.29 is 4.79 Å². The van der Waals surface area contributed by atoms with E-state index in [-0.39, 0.29) is 5.91 Å². The number of aromatic nitrogens is 4. The summed E-state index contributed by atoms with van der Waals surface area (Å²) < 4.78 is 1.64. The lowest BCUT2D eigenvalue weighted by Gasteiger charge is -2.34. The third-order valence-corrected chi connectivity index (χ3v) is 4.33. The van der Waals surface area contributed by atoms with E-state index in [1.54, 1.807) is 4.68 Å². The van der Waals surface area contributed by atoms with Gasteiger partial charge in [0.1, 0.15) is 0 Å². The fraction of sp³-hybridized carbons (Fsp3) is 0.833. The minimum absolute atomic E-state index is 0.163. The number of tetrazole rings is 1. The van der Waals surface area contributed by atoms with Crippen LogP contribution in [0.1, 0.15) is 20.3 Å². The minimum Gasteiger partial charge on any atom is -0.341 e. The number of thioether (sulfide) groups is 1. The molecule has 1 aliphatic heterocycles. The molecule has 7 nitrogen and oxygen atoms in total. The molecular formula is C12H22N6OS. The highest BCUT2D eigenvalue weighted by Gasteiger charge is 2.25. The Labute approximate surface area is 123 Å². The second-order valence-electron chi connectivity index (χ2n) is 5.51. The monoisotopic (exact) mass is 298 g/mol. The Morgan fingerprint density at radius 1 is 1.40 bits per heavy atom. The maximum atomic E-state index is 12.3. The molecule has 8 heteroatoms. The highest BCUT2D eigenvalue weighted by molar-refractivity contribution is 7.99. The van der Waals surface area contributed by atoms with Crippen LogP contribution in [0.3, 0.4) is 0 Å². The van der Waals surface area contributed by atoms with Crippen LogP contribution in [0.4, 0.5) is 0 Å². The number of rotatable bonds is 5. The van der Waals surface area contributed by atoms with Crippen LogP contribution in [0.25, 0.3) is 0 Å². The van der Waals surface area contributed by atoms with Gasteiger partial charge in [-0.05, 0) is 28.7 Å². The van der Waals surface area contributed by atoms with Crippen molar-refractivity contribution in [2.75, 3.05) is 25.4 Å². The van der Waals surface area contributed by atoms with Gasteiger partial charge in [0.25, 0.3) is 0 Å². The molecule has 20 heavy (non-hydrogen) atoms. The van der Waals surface area contributed by atoms with Crippen LogP contribution in [0.2, 0.25) is 0 Å². The molecule has 1 aromatic heterocycles. The normalized spacial score (nSPS) is 23.1. The summed E-state index contributed by atoms with van der Waals surface area (Å²) in [4.78, 5) is 14.2. The molecule has 0 radical (unpaired) electrons. The molecule has 1 saturated heterocycles. The van der Waals surface area contributed by atoms with Gasteiger partial charge in [-0.2, -0.15) is 0 Å². The smallest absolute Gasteiger partial charge is 0.233 e. The van der Waals surface area contributed by atoms with Gasteiger partial charge in [0.15, 0.2) is 0 Å². The van der Waals surface area contributed by atoms with Crippen LogP contribution in [0, 0.1) is 11.8 Å². The molecule has 0 aliphatic carbocycles. The van der Waals surface area contributed by atoms with Crippen LogP contribution >= 0.6 is 11.8 Å². The largest absolute Gasteiger partial charge is 0.341 e. The quantitative estimate of drug-likeness (QED) is 0.783. The molecular weight excluding hydrogens is 276 g/mol. The number of likely N-dealkylation sites (tertiary alicyclic amines) is 1. The molecule has 0 spiro atoms. The average Bonchev–Trinajstić information content (AvgIpc) is 2.83. The molecule has 112 valence electrons. The minimum atomic E-state index is 0.163. The molecule has 0 saturated carbocycles. The van der Waals surface area contributed by atoms with Gasteiger partial charge >= 0.3 is 0 Å². The highest BCUT2D eigenvalue weighted by atomic mass is 32.2. The zero-order valence-corrected chi connectivity index (χ0v) is 12.8. The summed E-state index contributed by atoms with van der Waals surface area (Å²) in [5.74, 6) is 1.70. The van der Waals surface area contributed by atoms with Crippen LogP contribution in [-0.4, -0.2) is 56.4 Å². The van der Waals surface area contributed by atoms with Crippen molar-refractivity contribution >= 4 is 17.7 Å². The Bertz CT molecular complexity index is 441. The second kappa shape index (κ2) is 7.03. The third kappa shape index (κ3) is 3.92. The lowest BCUT2D eigenvalue weighted by Crippen LogP contribution is -2.43. The first-order valence-electron chi connectivity index (χ1n) is 6.97. The van der Waals surface area contributed by atoms with E-state index in [4.69, 9.17) is 5.73 Å². The summed E-state index contributed by atoms with van der Waals surface area (Å²) in [7, 11) is 0. The zero-order valence-electron chi connectivity index (χ0n) is 12.0. The van der Waals surface area contributed by atoms with Gasteiger partial charge in [-0.1, -0.05) is 25.6 Å². The molecule has 0 aromatic carbocycles. The number of amides is 1. The molecule has 1 fully saturated rings. The number of nitrogens with zero attached hydrogens (tertiary/aromatic N) is 5. The van der Waals surface area contributed by atoms with Gasteiger partial charge in [0.2, 0.25) is 11.1 Å². The molecule has 2 atom stereocenters. The standard InChI is InChI=1S/C12H22N6OS/c1-9-5-10(2)7-17(6-9)11(19)8-20-12-14-15-16-18(12)4-3-13/h9-10H,3-8,13H2,1-2H3. The molecule has 1 aromatic rings. The molecule has 1 amide bonds. The van der Waals surface area contributed by atoms with Crippen molar-refractivity contribution in [1.29, 1.82) is 0 Å². The SMILES string of the molecule is CC1CC(C)CN(C(=O)CSc2nnnn2CCN)C1. The van der Waals surface area contributed by atoms with Crippen molar-refractivity contribution in [3.63, 3.8) is 0 Å².